The minimum Gasteiger partial charge on any atom is -0.374 e. The second-order valence-corrected chi connectivity index (χ2v) is 6.44. The molecule has 3 nitrogen and oxygen atoms in total. The van der Waals surface area contributed by atoms with Crippen LogP contribution in [-0.4, -0.2) is 31.1 Å². The Morgan fingerprint density at radius 1 is 0.923 bits per heavy atom. The quantitative estimate of drug-likeness (QED) is 0.621. The van der Waals surface area contributed by atoms with Crippen molar-refractivity contribution in [1.29, 1.82) is 0 Å². The molecule has 3 rings (SSSR count). The summed E-state index contributed by atoms with van der Waals surface area (Å²) < 4.78 is 32.3. The molecular weight excluding hydrogens is 331 g/mol. The van der Waals surface area contributed by atoms with Crippen LogP contribution in [0.4, 0.5) is 4.39 Å². The number of benzene rings is 2. The van der Waals surface area contributed by atoms with Crippen molar-refractivity contribution >= 4 is 0 Å². The summed E-state index contributed by atoms with van der Waals surface area (Å²) in [5, 5.41) is 0. The normalized spacial score (nSPS) is 25.3. The summed E-state index contributed by atoms with van der Waals surface area (Å²) in [5.41, 5.74) is 2.09. The van der Waals surface area contributed by atoms with Crippen molar-refractivity contribution in [2.75, 3.05) is 6.61 Å². The van der Waals surface area contributed by atoms with Gasteiger partial charge in [0.15, 0.2) is 6.17 Å². The number of alkyl halides is 1. The van der Waals surface area contributed by atoms with Crippen LogP contribution in [0, 0.1) is 0 Å². The first kappa shape index (κ1) is 18.8. The maximum atomic E-state index is 14.8. The van der Waals surface area contributed by atoms with Gasteiger partial charge >= 0.3 is 0 Å². The number of halogens is 1. The highest BCUT2D eigenvalue weighted by molar-refractivity contribution is 5.14. The van der Waals surface area contributed by atoms with Gasteiger partial charge in [0.05, 0.1) is 25.9 Å². The maximum absolute atomic E-state index is 14.8. The number of ether oxygens (including phenoxy) is 3. The zero-order chi connectivity index (χ0) is 18.2. The third-order valence-corrected chi connectivity index (χ3v) is 4.46. The van der Waals surface area contributed by atoms with Crippen molar-refractivity contribution in [2.24, 2.45) is 0 Å². The molecule has 1 saturated heterocycles. The number of rotatable bonds is 9. The molecule has 0 N–H and O–H groups in total. The van der Waals surface area contributed by atoms with Gasteiger partial charge in [-0.25, -0.2) is 4.39 Å². The summed E-state index contributed by atoms with van der Waals surface area (Å²) in [4.78, 5) is 0. The van der Waals surface area contributed by atoms with Gasteiger partial charge in [-0.1, -0.05) is 66.7 Å². The van der Waals surface area contributed by atoms with Gasteiger partial charge in [0.2, 0.25) is 0 Å². The van der Waals surface area contributed by atoms with E-state index in [0.717, 1.165) is 11.1 Å². The fraction of sp³-hybridized carbons (Fsp3) is 0.364. The van der Waals surface area contributed by atoms with Crippen LogP contribution in [0.25, 0.3) is 0 Å². The van der Waals surface area contributed by atoms with E-state index < -0.39 is 24.5 Å². The Morgan fingerprint density at radius 2 is 1.54 bits per heavy atom. The van der Waals surface area contributed by atoms with Gasteiger partial charge in [-0.05, 0) is 17.5 Å². The minimum atomic E-state index is -1.19. The molecule has 4 heteroatoms. The van der Waals surface area contributed by atoms with Crippen LogP contribution in [0.15, 0.2) is 73.3 Å². The highest BCUT2D eigenvalue weighted by atomic mass is 19.1. The Hall–Kier alpha value is -2.01. The molecule has 0 radical (unpaired) electrons. The van der Waals surface area contributed by atoms with Gasteiger partial charge in [0.25, 0.3) is 0 Å². The van der Waals surface area contributed by atoms with Crippen molar-refractivity contribution < 1.29 is 18.6 Å². The van der Waals surface area contributed by atoms with Crippen LogP contribution >= 0.6 is 0 Å². The summed E-state index contributed by atoms with van der Waals surface area (Å²) in [6, 6.07) is 19.6. The monoisotopic (exact) mass is 356 g/mol. The maximum Gasteiger partial charge on any atom is 0.155 e. The van der Waals surface area contributed by atoms with Crippen LogP contribution in [0.2, 0.25) is 0 Å². The summed E-state index contributed by atoms with van der Waals surface area (Å²) >= 11 is 0. The summed E-state index contributed by atoms with van der Waals surface area (Å²) in [6.45, 7) is 4.80. The average molecular weight is 356 g/mol. The average Bonchev–Trinajstić information content (AvgIpc) is 2.97. The molecule has 0 bridgehead atoms. The Labute approximate surface area is 154 Å². The SMILES string of the molecule is C=CC[C@@H]1O[C@H](COCc2ccccc2)[C@@H](OCc2ccccc2)[C@H]1F. The highest BCUT2D eigenvalue weighted by Gasteiger charge is 2.45. The first-order valence-corrected chi connectivity index (χ1v) is 8.95. The summed E-state index contributed by atoms with van der Waals surface area (Å²) in [7, 11) is 0. The lowest BCUT2D eigenvalue weighted by atomic mass is 10.1. The topological polar surface area (TPSA) is 27.7 Å². The third kappa shape index (κ3) is 5.01. The zero-order valence-electron chi connectivity index (χ0n) is 14.8. The molecule has 1 aliphatic rings. The molecule has 1 fully saturated rings. The van der Waals surface area contributed by atoms with Crippen molar-refractivity contribution in [3.8, 4) is 0 Å². The first-order chi connectivity index (χ1) is 12.8. The predicted octanol–water partition coefficient (Wildman–Crippen LogP) is 4.47. The number of hydrogen-bond donors (Lipinski definition) is 0. The lowest BCUT2D eigenvalue weighted by Crippen LogP contribution is -2.34. The molecule has 0 saturated carbocycles. The molecular formula is C22H25FO3. The largest absolute Gasteiger partial charge is 0.374 e. The van der Waals surface area contributed by atoms with Crippen LogP contribution in [0.5, 0.6) is 0 Å². The second kappa shape index (κ2) is 9.62. The van der Waals surface area contributed by atoms with E-state index in [0.29, 0.717) is 26.2 Å². The van der Waals surface area contributed by atoms with E-state index in [1.807, 2.05) is 60.7 Å². The van der Waals surface area contributed by atoms with Gasteiger partial charge in [-0.15, -0.1) is 6.58 Å². The van der Waals surface area contributed by atoms with Crippen LogP contribution in [0.3, 0.4) is 0 Å². The molecule has 2 aromatic carbocycles. The van der Waals surface area contributed by atoms with Crippen molar-refractivity contribution in [1.82, 2.24) is 0 Å². The summed E-state index contributed by atoms with van der Waals surface area (Å²) in [6.07, 6.45) is -0.654. The molecule has 2 aromatic rings. The van der Waals surface area contributed by atoms with E-state index >= 15 is 0 Å². The molecule has 0 unspecified atom stereocenters. The minimum absolute atomic E-state index is 0.294. The van der Waals surface area contributed by atoms with E-state index in [2.05, 4.69) is 6.58 Å². The Balaban J connectivity index is 1.57. The van der Waals surface area contributed by atoms with Crippen molar-refractivity contribution in [3.63, 3.8) is 0 Å². The van der Waals surface area contributed by atoms with Crippen LogP contribution in [-0.2, 0) is 27.4 Å². The fourth-order valence-corrected chi connectivity index (χ4v) is 3.11. The van der Waals surface area contributed by atoms with Gasteiger partial charge in [-0.2, -0.15) is 0 Å². The molecule has 4 atom stereocenters. The molecule has 1 aliphatic heterocycles. The van der Waals surface area contributed by atoms with Crippen LogP contribution in [0.1, 0.15) is 17.5 Å². The molecule has 0 aliphatic carbocycles. The first-order valence-electron chi connectivity index (χ1n) is 8.95. The molecule has 0 aromatic heterocycles. The molecule has 0 amide bonds. The van der Waals surface area contributed by atoms with E-state index in [4.69, 9.17) is 14.2 Å². The van der Waals surface area contributed by atoms with Gasteiger partial charge in [-0.3, -0.25) is 0 Å². The predicted molar refractivity (Wildman–Crippen MR) is 99.5 cm³/mol. The molecule has 1 heterocycles. The van der Waals surface area contributed by atoms with Gasteiger partial charge < -0.3 is 14.2 Å². The standard InChI is InChI=1S/C22H25FO3/c1-2-9-19-21(23)22(25-15-18-12-7-4-8-13-18)20(26-19)16-24-14-17-10-5-3-6-11-17/h2-8,10-13,19-22H,1,9,14-16H2/t19-,20+,21-,22+/m0/s1. The van der Waals surface area contributed by atoms with Crippen molar-refractivity contribution in [2.45, 2.75) is 44.1 Å². The van der Waals surface area contributed by atoms with E-state index in [1.54, 1.807) is 6.08 Å². The van der Waals surface area contributed by atoms with E-state index in [-0.39, 0.29) is 0 Å². The van der Waals surface area contributed by atoms with Gasteiger partial charge in [0.1, 0.15) is 12.2 Å². The van der Waals surface area contributed by atoms with E-state index in [9.17, 15) is 4.39 Å². The fourth-order valence-electron chi connectivity index (χ4n) is 3.11. The smallest absolute Gasteiger partial charge is 0.155 e. The highest BCUT2D eigenvalue weighted by Crippen LogP contribution is 2.30. The molecule has 0 spiro atoms. The van der Waals surface area contributed by atoms with Gasteiger partial charge in [0, 0.05) is 0 Å². The Morgan fingerprint density at radius 3 is 2.15 bits per heavy atom. The third-order valence-electron chi connectivity index (χ3n) is 4.46. The number of hydrogen-bond acceptors (Lipinski definition) is 3. The van der Waals surface area contributed by atoms with Crippen LogP contribution < -0.4 is 0 Å². The van der Waals surface area contributed by atoms with Crippen molar-refractivity contribution in [3.05, 3.63) is 84.4 Å². The van der Waals surface area contributed by atoms with E-state index in [1.165, 1.54) is 0 Å². The summed E-state index contributed by atoms with van der Waals surface area (Å²) in [5.74, 6) is 0. The molecule has 138 valence electrons. The zero-order valence-corrected chi connectivity index (χ0v) is 14.8. The Kier molecular flexibility index (Phi) is 6.95. The molecule has 26 heavy (non-hydrogen) atoms. The lowest BCUT2D eigenvalue weighted by molar-refractivity contribution is -0.0730. The lowest BCUT2D eigenvalue weighted by Gasteiger charge is -2.20. The Bertz CT molecular complexity index is 662. The second-order valence-electron chi connectivity index (χ2n) is 6.44.